The molecule has 4 aliphatic heterocycles. The molecule has 0 saturated carbocycles. The molecule has 2 atom stereocenters. The summed E-state index contributed by atoms with van der Waals surface area (Å²) in [5.74, 6) is 0.970. The van der Waals surface area contributed by atoms with Gasteiger partial charge in [-0.15, -0.1) is 0 Å². The van der Waals surface area contributed by atoms with Gasteiger partial charge in [-0.05, 0) is 177 Å². The van der Waals surface area contributed by atoms with Crippen molar-refractivity contribution < 1.29 is 38.1 Å². The first kappa shape index (κ1) is 66.5. The van der Waals surface area contributed by atoms with E-state index in [4.69, 9.17) is 18.9 Å². The quantitative estimate of drug-likeness (QED) is 0.0573. The van der Waals surface area contributed by atoms with Crippen LogP contribution in [0.2, 0.25) is 0 Å². The van der Waals surface area contributed by atoms with Crippen LogP contribution in [0, 0.1) is 13.8 Å². The zero-order valence-electron chi connectivity index (χ0n) is 58.5. The van der Waals surface area contributed by atoms with E-state index < -0.39 is 28.6 Å². The van der Waals surface area contributed by atoms with Crippen molar-refractivity contribution in [2.75, 3.05) is 45.8 Å². The van der Waals surface area contributed by atoms with E-state index >= 15 is 9.59 Å². The lowest BCUT2D eigenvalue weighted by Crippen LogP contribution is -2.34. The molecule has 10 aromatic rings. The number of esters is 2. The summed E-state index contributed by atoms with van der Waals surface area (Å²) in [7, 11) is 0. The van der Waals surface area contributed by atoms with Crippen molar-refractivity contribution in [1.82, 2.24) is 0 Å². The maximum Gasteiger partial charge on any atom is 0.340 e. The van der Waals surface area contributed by atoms with Crippen molar-refractivity contribution in [1.29, 1.82) is 0 Å². The molecule has 506 valence electrons. The Hall–Kier alpha value is -10.7. The first-order chi connectivity index (χ1) is 48.7. The molecule has 14 rings (SSSR count). The van der Waals surface area contributed by atoms with Gasteiger partial charge >= 0.3 is 11.9 Å². The monoisotopic (exact) mass is 1330 g/mol. The molecule has 12 nitrogen and oxygen atoms in total. The van der Waals surface area contributed by atoms with E-state index in [-0.39, 0.29) is 11.8 Å². The number of aryl methyl sites for hydroxylation is 2. The van der Waals surface area contributed by atoms with Gasteiger partial charge in [-0.1, -0.05) is 164 Å². The Kier molecular flexibility index (Phi) is 18.3. The van der Waals surface area contributed by atoms with Crippen molar-refractivity contribution in [2.45, 2.75) is 130 Å². The van der Waals surface area contributed by atoms with Gasteiger partial charge in [0, 0.05) is 111 Å². The average Bonchev–Trinajstić information content (AvgIpc) is 1.43. The number of nitrogens with zero attached hydrogens (tertiary/aromatic N) is 4. The molecule has 4 aliphatic rings. The number of carbonyl (C=O) groups is 4. The highest BCUT2D eigenvalue weighted by atomic mass is 16.6. The van der Waals surface area contributed by atoms with Gasteiger partial charge in [0.2, 0.25) is 0 Å². The number of benzene rings is 10. The summed E-state index contributed by atoms with van der Waals surface area (Å²) in [4.78, 5) is 67.8. The molecule has 2 spiro atoms. The topological polar surface area (TPSA) is 118 Å². The van der Waals surface area contributed by atoms with Crippen LogP contribution >= 0.6 is 0 Å². The number of rotatable bonds is 23. The molecule has 0 radical (unpaired) electrons. The third kappa shape index (κ3) is 11.4. The number of fused-ring (bicyclic) bond motifs is 12. The van der Waals surface area contributed by atoms with Crippen LogP contribution in [0.1, 0.15) is 196 Å². The molecule has 10 aromatic carbocycles. The lowest BCUT2D eigenvalue weighted by atomic mass is 9.74. The Balaban J connectivity index is 0.835. The third-order valence-corrected chi connectivity index (χ3v) is 21.0. The molecule has 12 heteroatoms. The highest BCUT2D eigenvalue weighted by molar-refractivity contribution is 6.13. The Morgan fingerprint density at radius 2 is 0.720 bits per heavy atom. The van der Waals surface area contributed by atoms with Gasteiger partial charge in [-0.2, -0.15) is 0 Å². The fraction of sp³-hybridized carbons (Fsp3) is 0.273. The first-order valence-corrected chi connectivity index (χ1v) is 35.8. The van der Waals surface area contributed by atoms with Crippen LogP contribution < -0.4 is 29.1 Å². The van der Waals surface area contributed by atoms with E-state index in [2.05, 4.69) is 112 Å². The molecule has 100 heavy (non-hydrogen) atoms. The van der Waals surface area contributed by atoms with Crippen LogP contribution in [0.5, 0.6) is 23.0 Å². The smallest absolute Gasteiger partial charge is 0.340 e. The second-order valence-electron chi connectivity index (χ2n) is 27.2. The van der Waals surface area contributed by atoms with Crippen molar-refractivity contribution in [2.24, 2.45) is 0 Å². The molecule has 0 N–H and O–H groups in total. The minimum Gasteiger partial charge on any atom is -0.456 e. The Bertz CT molecular complexity index is 4450. The SMILES string of the molecule is CCCCN(CCCC)c1ccc2c(c1)Oc1cc(C)c(N(C(=O)c3ccccc3)c3ccc(C(C)(CC)c4ccc(N(C(=O)c5ccccc5)c5cc6c(cc5C)Oc5cc(N(CCCC)CCCC)ccc5C65OC(=O)c6ccccc65)cc4)cc3)cc1C21OC(=O)c2ccccc21. The molecule has 2 amide bonds. The Morgan fingerprint density at radius 3 is 1.08 bits per heavy atom. The van der Waals surface area contributed by atoms with Crippen LogP contribution in [0.3, 0.4) is 0 Å². The molecule has 0 bridgehead atoms. The number of ether oxygens (including phenoxy) is 4. The fourth-order valence-electron chi connectivity index (χ4n) is 15.3. The second kappa shape index (κ2) is 27.5. The van der Waals surface area contributed by atoms with Gasteiger partial charge in [0.05, 0.1) is 22.5 Å². The minimum absolute atomic E-state index is 0.240. The molecule has 0 fully saturated rings. The van der Waals surface area contributed by atoms with Gasteiger partial charge in [0.25, 0.3) is 11.8 Å². The molecular weight excluding hydrogens is 1240 g/mol. The summed E-state index contributed by atoms with van der Waals surface area (Å²) >= 11 is 0. The van der Waals surface area contributed by atoms with E-state index in [9.17, 15) is 9.59 Å². The van der Waals surface area contributed by atoms with Gasteiger partial charge in [-0.25, -0.2) is 9.59 Å². The number of amides is 2. The van der Waals surface area contributed by atoms with E-state index in [0.717, 1.165) is 111 Å². The van der Waals surface area contributed by atoms with Crippen LogP contribution in [0.15, 0.2) is 218 Å². The zero-order valence-corrected chi connectivity index (χ0v) is 58.5. The molecule has 0 saturated heterocycles. The fourth-order valence-corrected chi connectivity index (χ4v) is 15.3. The zero-order chi connectivity index (χ0) is 69.5. The van der Waals surface area contributed by atoms with Gasteiger partial charge < -0.3 is 28.7 Å². The van der Waals surface area contributed by atoms with E-state index in [1.807, 2.05) is 172 Å². The summed E-state index contributed by atoms with van der Waals surface area (Å²) in [6.45, 7) is 20.9. The molecule has 2 unspecified atom stereocenters. The van der Waals surface area contributed by atoms with Crippen LogP contribution in [0.25, 0.3) is 0 Å². The summed E-state index contributed by atoms with van der Waals surface area (Å²) in [6, 6.07) is 70.7. The molecule has 0 aliphatic carbocycles. The predicted molar refractivity (Wildman–Crippen MR) is 398 cm³/mol. The van der Waals surface area contributed by atoms with Gasteiger partial charge in [0.1, 0.15) is 23.0 Å². The second-order valence-corrected chi connectivity index (χ2v) is 27.2. The normalized spacial score (nSPS) is 16.3. The maximum absolute atomic E-state index is 15.5. The molecular formula is C88H86N4O8. The number of hydrogen-bond acceptors (Lipinski definition) is 10. The molecule has 0 aromatic heterocycles. The predicted octanol–water partition coefficient (Wildman–Crippen LogP) is 20.9. The summed E-state index contributed by atoms with van der Waals surface area (Å²) in [5.41, 5.74) is 10.9. The number of hydrogen-bond donors (Lipinski definition) is 0. The van der Waals surface area contributed by atoms with E-state index in [1.54, 1.807) is 9.80 Å². The van der Waals surface area contributed by atoms with E-state index in [0.29, 0.717) is 108 Å². The van der Waals surface area contributed by atoms with Crippen LogP contribution in [-0.2, 0) is 26.1 Å². The van der Waals surface area contributed by atoms with Crippen molar-refractivity contribution in [3.05, 3.63) is 296 Å². The van der Waals surface area contributed by atoms with Crippen LogP contribution in [0.4, 0.5) is 34.1 Å². The number of unbranched alkanes of at least 4 members (excludes halogenated alkanes) is 4. The Labute approximate surface area is 587 Å². The standard InChI is InChI=1S/C88H86N4O8/c1-9-14-48-89(49-15-10-2)66-44-46-72-80(54-66)97-78-52-58(6)76(56-74(78)87(72)70-34-26-24-32-68(70)84(95)99-87)91(82(93)60-28-20-18-21-29-60)64-40-36-62(37-41-64)86(8,13-5)63-38-42-65(43-39-63)92(83(94)61-30-22-19-23-31-61)77-57-75-79(53-59(77)7)98-81-55-67(90(50-16-11-3)51-17-12-4)45-47-73(81)88(75)71-35-27-25-33-69(71)85(96)100-88/h18-47,52-57H,9-17,48-51H2,1-8H3. The lowest BCUT2D eigenvalue weighted by Gasteiger charge is -2.38. The highest BCUT2D eigenvalue weighted by Crippen LogP contribution is 2.60. The largest absolute Gasteiger partial charge is 0.456 e. The number of anilines is 6. The number of carbonyl (C=O) groups excluding carboxylic acids is 4. The van der Waals surface area contributed by atoms with E-state index in [1.165, 1.54) is 0 Å². The van der Waals surface area contributed by atoms with Crippen LogP contribution in [-0.4, -0.2) is 49.9 Å². The summed E-state index contributed by atoms with van der Waals surface area (Å²) < 4.78 is 27.5. The summed E-state index contributed by atoms with van der Waals surface area (Å²) in [6.07, 6.45) is 9.21. The first-order valence-electron chi connectivity index (χ1n) is 35.8. The average molecular weight is 1330 g/mol. The molecule has 4 heterocycles. The lowest BCUT2D eigenvalue weighted by molar-refractivity contribution is 0.0214. The minimum atomic E-state index is -1.39. The third-order valence-electron chi connectivity index (χ3n) is 21.0. The Morgan fingerprint density at radius 1 is 0.380 bits per heavy atom. The van der Waals surface area contributed by atoms with Crippen molar-refractivity contribution >= 4 is 57.9 Å². The van der Waals surface area contributed by atoms with Gasteiger partial charge in [-0.3, -0.25) is 19.4 Å². The van der Waals surface area contributed by atoms with Crippen molar-refractivity contribution in [3.8, 4) is 23.0 Å². The van der Waals surface area contributed by atoms with Gasteiger partial charge in [0.15, 0.2) is 11.2 Å². The van der Waals surface area contributed by atoms with Crippen molar-refractivity contribution in [3.63, 3.8) is 0 Å². The summed E-state index contributed by atoms with van der Waals surface area (Å²) in [5, 5.41) is 0. The maximum atomic E-state index is 15.5. The highest BCUT2D eigenvalue weighted by Gasteiger charge is 2.56.